The van der Waals surface area contributed by atoms with E-state index in [0.29, 0.717) is 24.0 Å². The molecule has 0 bridgehead atoms. The first-order valence-corrected chi connectivity index (χ1v) is 9.19. The summed E-state index contributed by atoms with van der Waals surface area (Å²) in [6, 6.07) is 7.21. The van der Waals surface area contributed by atoms with Crippen molar-refractivity contribution in [1.82, 2.24) is 5.16 Å². The van der Waals surface area contributed by atoms with Crippen LogP contribution in [0.5, 0.6) is 5.75 Å². The maximum atomic E-state index is 12.5. The number of amides is 1. The fraction of sp³-hybridized carbons (Fsp3) is 0.500. The van der Waals surface area contributed by atoms with Gasteiger partial charge in [0.1, 0.15) is 5.75 Å². The lowest BCUT2D eigenvalue weighted by molar-refractivity contribution is 0.102. The van der Waals surface area contributed by atoms with Crippen LogP contribution in [0.1, 0.15) is 61.1 Å². The fourth-order valence-corrected chi connectivity index (χ4v) is 3.10. The first-order chi connectivity index (χ1) is 12.2. The third kappa shape index (κ3) is 4.41. The maximum absolute atomic E-state index is 12.5. The number of hydrogen-bond acceptors (Lipinski definition) is 4. The highest BCUT2D eigenvalue weighted by Crippen LogP contribution is 2.30. The molecule has 1 aliphatic carbocycles. The van der Waals surface area contributed by atoms with E-state index in [1.807, 2.05) is 12.1 Å². The smallest absolute Gasteiger partial charge is 0.258 e. The summed E-state index contributed by atoms with van der Waals surface area (Å²) >= 11 is 0. The second-order valence-corrected chi connectivity index (χ2v) is 6.82. The first-order valence-electron chi connectivity index (χ1n) is 9.19. The summed E-state index contributed by atoms with van der Waals surface area (Å²) < 4.78 is 11.0. The van der Waals surface area contributed by atoms with Crippen LogP contribution >= 0.6 is 0 Å². The van der Waals surface area contributed by atoms with E-state index in [1.165, 1.54) is 12.8 Å². The number of aromatic nitrogens is 1. The van der Waals surface area contributed by atoms with Gasteiger partial charge in [-0.2, -0.15) is 0 Å². The Morgan fingerprint density at radius 1 is 1.32 bits per heavy atom. The minimum absolute atomic E-state index is 0.185. The number of unbranched alkanes of at least 4 members (excludes halogenated alkanes) is 2. The van der Waals surface area contributed by atoms with Crippen LogP contribution in [0.15, 0.2) is 28.8 Å². The van der Waals surface area contributed by atoms with Crippen molar-refractivity contribution in [3.05, 3.63) is 41.1 Å². The molecule has 1 aromatic carbocycles. The van der Waals surface area contributed by atoms with Gasteiger partial charge in [-0.25, -0.2) is 0 Å². The van der Waals surface area contributed by atoms with Gasteiger partial charge in [0.25, 0.3) is 5.91 Å². The van der Waals surface area contributed by atoms with Crippen molar-refractivity contribution in [2.24, 2.45) is 5.92 Å². The summed E-state index contributed by atoms with van der Waals surface area (Å²) in [6.45, 7) is 5.09. The van der Waals surface area contributed by atoms with E-state index in [2.05, 4.69) is 24.3 Å². The van der Waals surface area contributed by atoms with Crippen molar-refractivity contribution in [2.45, 2.75) is 52.4 Å². The standard InChI is InChI=1S/C20H26N2O3/c1-3-4-5-12-24-16-9-7-15(8-10-16)19(23)21-20-17-13-14(2)6-11-18(17)22-25-20/h7-10,14H,3-6,11-13H2,1-2H3,(H,21,23)/t14-/m1/s1. The van der Waals surface area contributed by atoms with Crippen LogP contribution in [0.2, 0.25) is 0 Å². The normalized spacial score (nSPS) is 16.3. The molecule has 3 rings (SSSR count). The molecule has 0 aliphatic heterocycles. The van der Waals surface area contributed by atoms with E-state index in [0.717, 1.165) is 42.7 Å². The van der Waals surface area contributed by atoms with E-state index in [4.69, 9.17) is 9.26 Å². The zero-order chi connectivity index (χ0) is 17.6. The second kappa shape index (κ2) is 8.19. The lowest BCUT2D eigenvalue weighted by Crippen LogP contribution is -2.15. The minimum atomic E-state index is -0.185. The topological polar surface area (TPSA) is 64.4 Å². The zero-order valence-electron chi connectivity index (χ0n) is 15.0. The average Bonchev–Trinajstić information content (AvgIpc) is 3.01. The lowest BCUT2D eigenvalue weighted by Gasteiger charge is -2.16. The Kier molecular flexibility index (Phi) is 5.74. The number of anilines is 1. The Morgan fingerprint density at radius 2 is 2.12 bits per heavy atom. The van der Waals surface area contributed by atoms with Crippen LogP contribution in [0, 0.1) is 5.92 Å². The molecule has 1 heterocycles. The third-order valence-corrected chi connectivity index (χ3v) is 4.66. The van der Waals surface area contributed by atoms with Crippen molar-refractivity contribution in [1.29, 1.82) is 0 Å². The summed E-state index contributed by atoms with van der Waals surface area (Å²) in [5.74, 6) is 1.69. The zero-order valence-corrected chi connectivity index (χ0v) is 15.0. The van der Waals surface area contributed by atoms with Crippen LogP contribution in [0.25, 0.3) is 0 Å². The Hall–Kier alpha value is -2.30. The predicted molar refractivity (Wildman–Crippen MR) is 97.1 cm³/mol. The van der Waals surface area contributed by atoms with E-state index >= 15 is 0 Å². The summed E-state index contributed by atoms with van der Waals surface area (Å²) in [5.41, 5.74) is 2.60. The number of nitrogens with zero attached hydrogens (tertiary/aromatic N) is 1. The molecule has 0 saturated heterocycles. The van der Waals surface area contributed by atoms with Crippen LogP contribution in [-0.4, -0.2) is 17.7 Å². The van der Waals surface area contributed by atoms with E-state index < -0.39 is 0 Å². The minimum Gasteiger partial charge on any atom is -0.494 e. The largest absolute Gasteiger partial charge is 0.494 e. The van der Waals surface area contributed by atoms with Crippen molar-refractivity contribution in [2.75, 3.05) is 11.9 Å². The molecule has 25 heavy (non-hydrogen) atoms. The molecule has 5 heteroatoms. The summed E-state index contributed by atoms with van der Waals surface area (Å²) in [6.07, 6.45) is 6.33. The van der Waals surface area contributed by atoms with E-state index in [-0.39, 0.29) is 5.91 Å². The first kappa shape index (κ1) is 17.5. The molecule has 1 aromatic heterocycles. The Labute approximate surface area is 148 Å². The van der Waals surface area contributed by atoms with Gasteiger partial charge in [-0.05, 0) is 55.9 Å². The summed E-state index contributed by atoms with van der Waals surface area (Å²) in [5, 5.41) is 6.95. The number of aryl methyl sites for hydroxylation is 1. The summed E-state index contributed by atoms with van der Waals surface area (Å²) in [7, 11) is 0. The molecule has 1 amide bonds. The fourth-order valence-electron chi connectivity index (χ4n) is 3.10. The molecule has 1 atom stereocenters. The molecule has 0 fully saturated rings. The monoisotopic (exact) mass is 342 g/mol. The number of carbonyl (C=O) groups excluding carboxylic acids is 1. The van der Waals surface area contributed by atoms with Gasteiger partial charge in [-0.1, -0.05) is 31.8 Å². The number of nitrogens with one attached hydrogen (secondary N) is 1. The van der Waals surface area contributed by atoms with Gasteiger partial charge >= 0.3 is 0 Å². The van der Waals surface area contributed by atoms with Crippen LogP contribution in [0.3, 0.4) is 0 Å². The van der Waals surface area contributed by atoms with Gasteiger partial charge in [-0.3, -0.25) is 10.1 Å². The molecule has 0 spiro atoms. The highest BCUT2D eigenvalue weighted by Gasteiger charge is 2.24. The van der Waals surface area contributed by atoms with E-state index in [1.54, 1.807) is 12.1 Å². The predicted octanol–water partition coefficient (Wildman–Crippen LogP) is 4.62. The Bertz CT molecular complexity index is 706. The van der Waals surface area contributed by atoms with Gasteiger partial charge in [0.05, 0.1) is 12.3 Å². The number of ether oxygens (including phenoxy) is 1. The molecular weight excluding hydrogens is 316 g/mol. The van der Waals surface area contributed by atoms with Crippen molar-refractivity contribution in [3.63, 3.8) is 0 Å². The SMILES string of the molecule is CCCCCOc1ccc(C(=O)Nc2onc3c2C[C@H](C)CC3)cc1. The number of carbonyl (C=O) groups is 1. The summed E-state index contributed by atoms with van der Waals surface area (Å²) in [4.78, 5) is 12.5. The third-order valence-electron chi connectivity index (χ3n) is 4.66. The van der Waals surface area contributed by atoms with Gasteiger partial charge in [0.15, 0.2) is 0 Å². The van der Waals surface area contributed by atoms with Gasteiger partial charge in [-0.15, -0.1) is 0 Å². The number of fused-ring (bicyclic) bond motifs is 1. The molecule has 1 N–H and O–H groups in total. The highest BCUT2D eigenvalue weighted by molar-refractivity contribution is 6.04. The Morgan fingerprint density at radius 3 is 2.88 bits per heavy atom. The highest BCUT2D eigenvalue weighted by atomic mass is 16.5. The molecule has 0 radical (unpaired) electrons. The van der Waals surface area contributed by atoms with Gasteiger partial charge in [0, 0.05) is 11.1 Å². The quantitative estimate of drug-likeness (QED) is 0.746. The van der Waals surface area contributed by atoms with Crippen LogP contribution in [0.4, 0.5) is 5.88 Å². The molecule has 134 valence electrons. The molecule has 0 unspecified atom stereocenters. The van der Waals surface area contributed by atoms with Crippen LogP contribution < -0.4 is 10.1 Å². The maximum Gasteiger partial charge on any atom is 0.258 e. The van der Waals surface area contributed by atoms with Gasteiger partial charge < -0.3 is 9.26 Å². The van der Waals surface area contributed by atoms with Crippen molar-refractivity contribution < 1.29 is 14.1 Å². The molecular formula is C20H26N2O3. The number of hydrogen-bond donors (Lipinski definition) is 1. The number of benzene rings is 1. The molecule has 5 nitrogen and oxygen atoms in total. The molecule has 0 saturated carbocycles. The van der Waals surface area contributed by atoms with Crippen LogP contribution in [-0.2, 0) is 12.8 Å². The van der Waals surface area contributed by atoms with Crippen molar-refractivity contribution in [3.8, 4) is 5.75 Å². The second-order valence-electron chi connectivity index (χ2n) is 6.82. The van der Waals surface area contributed by atoms with Crippen molar-refractivity contribution >= 4 is 11.8 Å². The Balaban J connectivity index is 1.59. The lowest BCUT2D eigenvalue weighted by atomic mass is 9.89. The van der Waals surface area contributed by atoms with Gasteiger partial charge in [0.2, 0.25) is 5.88 Å². The molecule has 1 aliphatic rings. The molecule has 2 aromatic rings. The van der Waals surface area contributed by atoms with E-state index in [9.17, 15) is 4.79 Å². The average molecular weight is 342 g/mol. The number of rotatable bonds is 7.